The number of ether oxygens (including phenoxy) is 2. The smallest absolute Gasteiger partial charge is 0.227 e. The average molecular weight is 381 g/mol. The lowest BCUT2D eigenvalue weighted by atomic mass is 9.93. The van der Waals surface area contributed by atoms with Gasteiger partial charge in [-0.05, 0) is 43.9 Å². The van der Waals surface area contributed by atoms with Gasteiger partial charge in [-0.1, -0.05) is 11.6 Å². The molecule has 1 N–H and O–H groups in total. The van der Waals surface area contributed by atoms with E-state index in [0.29, 0.717) is 55.6 Å². The fourth-order valence-electron chi connectivity index (χ4n) is 3.55. The fraction of sp³-hybridized carbons (Fsp3) is 0.579. The van der Waals surface area contributed by atoms with Crippen molar-refractivity contribution in [2.24, 2.45) is 11.8 Å². The van der Waals surface area contributed by atoms with Crippen LogP contribution in [-0.4, -0.2) is 50.1 Å². The molecule has 2 heterocycles. The van der Waals surface area contributed by atoms with Gasteiger partial charge in [0.1, 0.15) is 5.75 Å². The second-order valence-electron chi connectivity index (χ2n) is 6.82. The van der Waals surface area contributed by atoms with Crippen molar-refractivity contribution >= 4 is 29.1 Å². The molecule has 0 unspecified atom stereocenters. The van der Waals surface area contributed by atoms with Crippen molar-refractivity contribution in [3.63, 3.8) is 0 Å². The van der Waals surface area contributed by atoms with Crippen molar-refractivity contribution in [2.75, 3.05) is 38.7 Å². The molecule has 7 heteroatoms. The minimum atomic E-state index is -0.0883. The Kier molecular flexibility index (Phi) is 6.38. The maximum atomic E-state index is 12.6. The number of carbonyl (C=O) groups is 2. The van der Waals surface area contributed by atoms with Crippen LogP contribution in [-0.2, 0) is 14.3 Å². The summed E-state index contributed by atoms with van der Waals surface area (Å²) < 4.78 is 10.4. The quantitative estimate of drug-likeness (QED) is 0.872. The molecule has 2 fully saturated rings. The Bertz CT molecular complexity index is 653. The number of amides is 2. The minimum absolute atomic E-state index is 0.0237. The van der Waals surface area contributed by atoms with Gasteiger partial charge in [-0.2, -0.15) is 0 Å². The Labute approximate surface area is 158 Å². The SMILES string of the molecule is COc1ccc(NC(=O)C2CCN(C(=O)C3CCOCC3)CC2)cc1Cl. The predicted molar refractivity (Wildman–Crippen MR) is 99.5 cm³/mol. The van der Waals surface area contributed by atoms with Gasteiger partial charge in [0.25, 0.3) is 0 Å². The molecule has 142 valence electrons. The van der Waals surface area contributed by atoms with Crippen molar-refractivity contribution in [3.8, 4) is 5.75 Å². The van der Waals surface area contributed by atoms with E-state index in [9.17, 15) is 9.59 Å². The zero-order chi connectivity index (χ0) is 18.5. The molecule has 0 aromatic heterocycles. The van der Waals surface area contributed by atoms with Crippen molar-refractivity contribution < 1.29 is 19.1 Å². The standard InChI is InChI=1S/C19H25ClN2O4/c1-25-17-3-2-15(12-16(17)20)21-18(23)13-4-8-22(9-5-13)19(24)14-6-10-26-11-7-14/h2-3,12-14H,4-11H2,1H3,(H,21,23). The first-order chi connectivity index (χ1) is 12.6. The second kappa shape index (κ2) is 8.73. The molecule has 0 bridgehead atoms. The molecule has 0 atom stereocenters. The summed E-state index contributed by atoms with van der Waals surface area (Å²) in [6, 6.07) is 5.18. The molecule has 26 heavy (non-hydrogen) atoms. The first-order valence-corrected chi connectivity index (χ1v) is 9.47. The van der Waals surface area contributed by atoms with E-state index in [4.69, 9.17) is 21.1 Å². The summed E-state index contributed by atoms with van der Waals surface area (Å²) in [6.45, 7) is 2.61. The number of piperidine rings is 1. The number of nitrogens with one attached hydrogen (secondary N) is 1. The van der Waals surface area contributed by atoms with Crippen molar-refractivity contribution in [2.45, 2.75) is 25.7 Å². The highest BCUT2D eigenvalue weighted by molar-refractivity contribution is 6.32. The summed E-state index contributed by atoms with van der Waals surface area (Å²) >= 11 is 6.10. The van der Waals surface area contributed by atoms with E-state index in [1.165, 1.54) is 0 Å². The van der Waals surface area contributed by atoms with E-state index < -0.39 is 0 Å². The highest BCUT2D eigenvalue weighted by atomic mass is 35.5. The van der Waals surface area contributed by atoms with Crippen LogP contribution >= 0.6 is 11.6 Å². The van der Waals surface area contributed by atoms with E-state index in [1.807, 2.05) is 4.90 Å². The third kappa shape index (κ3) is 4.48. The Morgan fingerprint density at radius 1 is 1.15 bits per heavy atom. The molecule has 1 aromatic rings. The zero-order valence-corrected chi connectivity index (χ0v) is 15.8. The van der Waals surface area contributed by atoms with Gasteiger partial charge < -0.3 is 19.7 Å². The molecule has 3 rings (SSSR count). The largest absolute Gasteiger partial charge is 0.495 e. The molecule has 0 radical (unpaired) electrons. The van der Waals surface area contributed by atoms with Crippen LogP contribution in [0.15, 0.2) is 18.2 Å². The number of halogens is 1. The summed E-state index contributed by atoms with van der Waals surface area (Å²) in [6.07, 6.45) is 2.98. The van der Waals surface area contributed by atoms with E-state index in [2.05, 4.69) is 5.32 Å². The molecule has 2 aliphatic rings. The van der Waals surface area contributed by atoms with Crippen LogP contribution in [0.5, 0.6) is 5.75 Å². The number of likely N-dealkylation sites (tertiary alicyclic amines) is 1. The third-order valence-corrected chi connectivity index (χ3v) is 5.46. The van der Waals surface area contributed by atoms with E-state index in [0.717, 1.165) is 12.8 Å². The fourth-order valence-corrected chi connectivity index (χ4v) is 3.81. The van der Waals surface area contributed by atoms with Gasteiger partial charge in [0.15, 0.2) is 0 Å². The van der Waals surface area contributed by atoms with Crippen molar-refractivity contribution in [1.29, 1.82) is 0 Å². The molecular formula is C19H25ClN2O4. The number of anilines is 1. The molecule has 0 spiro atoms. The molecule has 0 saturated carbocycles. The highest BCUT2D eigenvalue weighted by Crippen LogP contribution is 2.28. The summed E-state index contributed by atoms with van der Waals surface area (Å²) in [5.41, 5.74) is 0.654. The summed E-state index contributed by atoms with van der Waals surface area (Å²) in [4.78, 5) is 27.0. The van der Waals surface area contributed by atoms with Crippen LogP contribution in [0, 0.1) is 11.8 Å². The maximum Gasteiger partial charge on any atom is 0.227 e. The summed E-state index contributed by atoms with van der Waals surface area (Å²) in [7, 11) is 1.55. The Morgan fingerprint density at radius 2 is 1.85 bits per heavy atom. The number of benzene rings is 1. The van der Waals surface area contributed by atoms with Crippen molar-refractivity contribution in [3.05, 3.63) is 23.2 Å². The number of rotatable bonds is 4. The number of hydrogen-bond acceptors (Lipinski definition) is 4. The van der Waals surface area contributed by atoms with Crippen LogP contribution in [0.4, 0.5) is 5.69 Å². The third-order valence-electron chi connectivity index (χ3n) is 5.17. The predicted octanol–water partition coefficient (Wildman–Crippen LogP) is 2.95. The molecule has 6 nitrogen and oxygen atoms in total. The van der Waals surface area contributed by atoms with Crippen LogP contribution in [0.25, 0.3) is 0 Å². The molecule has 1 aromatic carbocycles. The van der Waals surface area contributed by atoms with Gasteiger partial charge in [0, 0.05) is 43.8 Å². The zero-order valence-electron chi connectivity index (χ0n) is 15.0. The molecule has 2 saturated heterocycles. The van der Waals surface area contributed by atoms with Gasteiger partial charge in [-0.25, -0.2) is 0 Å². The van der Waals surface area contributed by atoms with Gasteiger partial charge in [-0.15, -0.1) is 0 Å². The lowest BCUT2D eigenvalue weighted by Gasteiger charge is -2.34. The Morgan fingerprint density at radius 3 is 2.46 bits per heavy atom. The molecule has 2 amide bonds. The topological polar surface area (TPSA) is 67.9 Å². The lowest BCUT2D eigenvalue weighted by molar-refractivity contribution is -0.141. The Hall–Kier alpha value is -1.79. The summed E-state index contributed by atoms with van der Waals surface area (Å²) in [5, 5.41) is 3.37. The van der Waals surface area contributed by atoms with Gasteiger partial charge >= 0.3 is 0 Å². The first kappa shape index (κ1) is 19.0. The minimum Gasteiger partial charge on any atom is -0.495 e. The maximum absolute atomic E-state index is 12.6. The van der Waals surface area contributed by atoms with E-state index in [-0.39, 0.29) is 23.7 Å². The second-order valence-corrected chi connectivity index (χ2v) is 7.23. The summed E-state index contributed by atoms with van der Waals surface area (Å²) in [5.74, 6) is 0.758. The van der Waals surface area contributed by atoms with Crippen LogP contribution in [0.3, 0.4) is 0 Å². The lowest BCUT2D eigenvalue weighted by Crippen LogP contribution is -2.45. The normalized spacial score (nSPS) is 19.2. The van der Waals surface area contributed by atoms with Crippen LogP contribution in [0.2, 0.25) is 5.02 Å². The molecule has 0 aliphatic carbocycles. The van der Waals surface area contributed by atoms with Crippen LogP contribution < -0.4 is 10.1 Å². The number of hydrogen-bond donors (Lipinski definition) is 1. The van der Waals surface area contributed by atoms with Gasteiger partial charge in [0.05, 0.1) is 12.1 Å². The van der Waals surface area contributed by atoms with Gasteiger partial charge in [0.2, 0.25) is 11.8 Å². The van der Waals surface area contributed by atoms with Gasteiger partial charge in [-0.3, -0.25) is 9.59 Å². The first-order valence-electron chi connectivity index (χ1n) is 9.09. The van der Waals surface area contributed by atoms with E-state index in [1.54, 1.807) is 25.3 Å². The average Bonchev–Trinajstić information content (AvgIpc) is 2.68. The Balaban J connectivity index is 1.50. The highest BCUT2D eigenvalue weighted by Gasteiger charge is 2.31. The van der Waals surface area contributed by atoms with Crippen molar-refractivity contribution in [1.82, 2.24) is 4.90 Å². The number of carbonyl (C=O) groups excluding carboxylic acids is 2. The molecular weight excluding hydrogens is 356 g/mol. The molecule has 2 aliphatic heterocycles. The number of methoxy groups -OCH3 is 1. The monoisotopic (exact) mass is 380 g/mol. The van der Waals surface area contributed by atoms with Crippen LogP contribution in [0.1, 0.15) is 25.7 Å². The van der Waals surface area contributed by atoms with E-state index >= 15 is 0 Å². The number of nitrogens with zero attached hydrogens (tertiary/aromatic N) is 1.